The summed E-state index contributed by atoms with van der Waals surface area (Å²) in [7, 11) is 0. The van der Waals surface area contributed by atoms with E-state index in [0.29, 0.717) is 12.5 Å². The smallest absolute Gasteiger partial charge is 0.233 e. The predicted octanol–water partition coefficient (Wildman–Crippen LogP) is 0.529. The molecule has 0 atom stereocenters. The maximum absolute atomic E-state index is 11.2. The van der Waals surface area contributed by atoms with Gasteiger partial charge in [-0.1, -0.05) is 6.92 Å². The first kappa shape index (κ1) is 12.5. The number of hydrogen-bond donors (Lipinski definition) is 2. The zero-order valence-electron chi connectivity index (χ0n) is 9.55. The highest BCUT2D eigenvalue weighted by atomic mass is 16.5. The highest BCUT2D eigenvalue weighted by Crippen LogP contribution is 2.12. The average molecular weight is 214 g/mol. The van der Waals surface area contributed by atoms with Gasteiger partial charge in [-0.2, -0.15) is 0 Å². The van der Waals surface area contributed by atoms with Gasteiger partial charge in [0.25, 0.3) is 0 Å². The van der Waals surface area contributed by atoms with Crippen LogP contribution in [-0.4, -0.2) is 38.8 Å². The van der Waals surface area contributed by atoms with Gasteiger partial charge in [-0.25, -0.2) is 0 Å². The zero-order chi connectivity index (χ0) is 10.9. The fraction of sp³-hybridized carbons (Fsp3) is 0.909. The van der Waals surface area contributed by atoms with Crippen molar-refractivity contribution in [3.8, 4) is 0 Å². The number of amides is 1. The van der Waals surface area contributed by atoms with E-state index >= 15 is 0 Å². The van der Waals surface area contributed by atoms with Crippen molar-refractivity contribution < 1.29 is 9.53 Å². The van der Waals surface area contributed by atoms with Crippen molar-refractivity contribution in [1.29, 1.82) is 0 Å². The molecule has 1 aliphatic rings. The zero-order valence-corrected chi connectivity index (χ0v) is 9.55. The van der Waals surface area contributed by atoms with Crippen LogP contribution in [0.3, 0.4) is 0 Å². The van der Waals surface area contributed by atoms with Crippen LogP contribution in [0.1, 0.15) is 26.2 Å². The Morgan fingerprint density at radius 2 is 2.13 bits per heavy atom. The molecule has 0 radical (unpaired) electrons. The van der Waals surface area contributed by atoms with Crippen LogP contribution in [0.2, 0.25) is 0 Å². The summed E-state index contributed by atoms with van der Waals surface area (Å²) >= 11 is 0. The first-order valence-electron chi connectivity index (χ1n) is 5.88. The minimum absolute atomic E-state index is 0.101. The van der Waals surface area contributed by atoms with E-state index in [1.807, 2.05) is 0 Å². The van der Waals surface area contributed by atoms with Crippen molar-refractivity contribution in [2.45, 2.75) is 26.2 Å². The second kappa shape index (κ2) is 7.65. The van der Waals surface area contributed by atoms with Gasteiger partial charge >= 0.3 is 0 Å². The summed E-state index contributed by atoms with van der Waals surface area (Å²) in [4.78, 5) is 11.2. The molecule has 1 saturated heterocycles. The molecule has 0 unspecified atom stereocenters. The molecule has 0 saturated carbocycles. The van der Waals surface area contributed by atoms with Gasteiger partial charge in [0, 0.05) is 19.8 Å². The van der Waals surface area contributed by atoms with Crippen molar-refractivity contribution in [2.75, 3.05) is 32.8 Å². The first-order chi connectivity index (χ1) is 7.33. The van der Waals surface area contributed by atoms with Crippen molar-refractivity contribution in [1.82, 2.24) is 10.6 Å². The molecule has 0 aliphatic carbocycles. The van der Waals surface area contributed by atoms with Crippen LogP contribution in [0, 0.1) is 5.92 Å². The van der Waals surface area contributed by atoms with Crippen LogP contribution in [-0.2, 0) is 9.53 Å². The lowest BCUT2D eigenvalue weighted by Gasteiger charge is -2.22. The summed E-state index contributed by atoms with van der Waals surface area (Å²) in [5, 5.41) is 6.04. The van der Waals surface area contributed by atoms with Crippen molar-refractivity contribution >= 4 is 5.91 Å². The molecule has 4 heteroatoms. The van der Waals surface area contributed by atoms with Crippen molar-refractivity contribution in [3.05, 3.63) is 0 Å². The Balaban J connectivity index is 1.97. The van der Waals surface area contributed by atoms with Gasteiger partial charge in [-0.05, 0) is 31.7 Å². The molecule has 15 heavy (non-hydrogen) atoms. The number of ether oxygens (including phenoxy) is 1. The average Bonchev–Trinajstić information content (AvgIpc) is 2.28. The van der Waals surface area contributed by atoms with Gasteiger partial charge in [0.1, 0.15) is 0 Å². The van der Waals surface area contributed by atoms with E-state index in [9.17, 15) is 4.79 Å². The van der Waals surface area contributed by atoms with E-state index < -0.39 is 0 Å². The number of rotatable bonds is 6. The molecule has 4 nitrogen and oxygen atoms in total. The summed E-state index contributed by atoms with van der Waals surface area (Å²) in [5.41, 5.74) is 0. The highest BCUT2D eigenvalue weighted by Gasteiger charge is 2.13. The van der Waals surface area contributed by atoms with Crippen LogP contribution >= 0.6 is 0 Å². The molecule has 2 N–H and O–H groups in total. The normalized spacial score (nSPS) is 17.7. The fourth-order valence-electron chi connectivity index (χ4n) is 1.67. The largest absolute Gasteiger partial charge is 0.381 e. The predicted molar refractivity (Wildman–Crippen MR) is 59.7 cm³/mol. The summed E-state index contributed by atoms with van der Waals surface area (Å²) in [6.07, 6.45) is 3.22. The topological polar surface area (TPSA) is 50.4 Å². The minimum Gasteiger partial charge on any atom is -0.381 e. The molecular weight excluding hydrogens is 192 g/mol. The maximum atomic E-state index is 11.2. The van der Waals surface area contributed by atoms with Crippen LogP contribution < -0.4 is 10.6 Å². The Kier molecular flexibility index (Phi) is 6.36. The van der Waals surface area contributed by atoms with Gasteiger partial charge in [0.15, 0.2) is 0 Å². The molecule has 0 aromatic heterocycles. The molecule has 1 heterocycles. The molecule has 1 fully saturated rings. The molecular formula is C11H22N2O2. The van der Waals surface area contributed by atoms with Crippen molar-refractivity contribution in [2.24, 2.45) is 5.92 Å². The third-order valence-electron chi connectivity index (χ3n) is 2.63. The number of carbonyl (C=O) groups is 1. The van der Waals surface area contributed by atoms with Gasteiger partial charge in [0.05, 0.1) is 6.54 Å². The van der Waals surface area contributed by atoms with E-state index in [0.717, 1.165) is 45.6 Å². The van der Waals surface area contributed by atoms with Crippen LogP contribution in [0.4, 0.5) is 0 Å². The van der Waals surface area contributed by atoms with Crippen LogP contribution in [0.25, 0.3) is 0 Å². The van der Waals surface area contributed by atoms with Crippen LogP contribution in [0.15, 0.2) is 0 Å². The van der Waals surface area contributed by atoms with Gasteiger partial charge in [0.2, 0.25) is 5.91 Å². The minimum atomic E-state index is 0.101. The summed E-state index contributed by atoms with van der Waals surface area (Å²) < 4.78 is 5.27. The fourth-order valence-corrected chi connectivity index (χ4v) is 1.67. The molecule has 0 bridgehead atoms. The van der Waals surface area contributed by atoms with Crippen LogP contribution in [0.5, 0.6) is 0 Å². The monoisotopic (exact) mass is 214 g/mol. The van der Waals surface area contributed by atoms with E-state index in [1.54, 1.807) is 0 Å². The molecule has 1 amide bonds. The Labute approximate surface area is 91.8 Å². The lowest BCUT2D eigenvalue weighted by atomic mass is 10.0. The molecule has 0 aromatic rings. The lowest BCUT2D eigenvalue weighted by molar-refractivity contribution is -0.120. The Morgan fingerprint density at radius 3 is 2.80 bits per heavy atom. The summed E-state index contributed by atoms with van der Waals surface area (Å²) in [5.74, 6) is 0.779. The molecule has 1 rings (SSSR count). The van der Waals surface area contributed by atoms with Crippen molar-refractivity contribution in [3.63, 3.8) is 0 Å². The van der Waals surface area contributed by atoms with Gasteiger partial charge in [-0.15, -0.1) is 0 Å². The summed E-state index contributed by atoms with van der Waals surface area (Å²) in [6, 6.07) is 0. The SMILES string of the molecule is CCCNC(=O)CNCC1CCOCC1. The van der Waals surface area contributed by atoms with E-state index in [2.05, 4.69) is 17.6 Å². The Morgan fingerprint density at radius 1 is 1.40 bits per heavy atom. The van der Waals surface area contributed by atoms with E-state index in [1.165, 1.54) is 0 Å². The quantitative estimate of drug-likeness (QED) is 0.678. The molecule has 0 spiro atoms. The standard InChI is InChI=1S/C11H22N2O2/c1-2-5-13-11(14)9-12-8-10-3-6-15-7-4-10/h10,12H,2-9H2,1H3,(H,13,14). The molecule has 1 aliphatic heterocycles. The lowest BCUT2D eigenvalue weighted by Crippen LogP contribution is -2.37. The number of hydrogen-bond acceptors (Lipinski definition) is 3. The molecule has 88 valence electrons. The first-order valence-corrected chi connectivity index (χ1v) is 5.88. The summed E-state index contributed by atoms with van der Waals surface area (Å²) in [6.45, 7) is 5.94. The van der Waals surface area contributed by atoms with E-state index in [-0.39, 0.29) is 5.91 Å². The molecule has 0 aromatic carbocycles. The third kappa shape index (κ3) is 5.74. The Bertz CT molecular complexity index is 179. The maximum Gasteiger partial charge on any atom is 0.233 e. The second-order valence-corrected chi connectivity index (χ2v) is 4.04. The number of carbonyl (C=O) groups excluding carboxylic acids is 1. The van der Waals surface area contributed by atoms with Gasteiger partial charge in [-0.3, -0.25) is 4.79 Å². The highest BCUT2D eigenvalue weighted by molar-refractivity contribution is 5.77. The second-order valence-electron chi connectivity index (χ2n) is 4.04. The Hall–Kier alpha value is -0.610. The van der Waals surface area contributed by atoms with E-state index in [4.69, 9.17) is 4.74 Å². The third-order valence-corrected chi connectivity index (χ3v) is 2.63. The van der Waals surface area contributed by atoms with Gasteiger partial charge < -0.3 is 15.4 Å². The number of nitrogens with one attached hydrogen (secondary N) is 2.